The molecule has 2 atom stereocenters. The topological polar surface area (TPSA) is 69.6 Å². The molecule has 1 amide bonds. The van der Waals surface area contributed by atoms with E-state index in [4.69, 9.17) is 0 Å². The molecule has 0 heterocycles. The Kier molecular flexibility index (Phi) is 50.7. The van der Waals surface area contributed by atoms with Crippen LogP contribution in [-0.2, 0) is 4.79 Å². The summed E-state index contributed by atoms with van der Waals surface area (Å²) in [4.78, 5) is 12.4. The Hall–Kier alpha value is -0.870. The molecule has 4 nitrogen and oxygen atoms in total. The van der Waals surface area contributed by atoms with E-state index in [-0.39, 0.29) is 12.5 Å². The van der Waals surface area contributed by atoms with Crippen LogP contribution >= 0.6 is 0 Å². The van der Waals surface area contributed by atoms with Gasteiger partial charge in [0.1, 0.15) is 0 Å². The number of rotatable bonds is 51. The molecule has 0 radical (unpaired) electrons. The van der Waals surface area contributed by atoms with Gasteiger partial charge in [-0.2, -0.15) is 0 Å². The van der Waals surface area contributed by atoms with Gasteiger partial charge in [0.15, 0.2) is 0 Å². The van der Waals surface area contributed by atoms with Gasteiger partial charge in [-0.05, 0) is 19.3 Å². The highest BCUT2D eigenvalue weighted by Gasteiger charge is 2.18. The van der Waals surface area contributed by atoms with E-state index >= 15 is 0 Å². The largest absolute Gasteiger partial charge is 0.394 e. The monoisotopic (exact) mass is 832 g/mol. The molecular formula is C55H109NO3. The Morgan fingerprint density at radius 2 is 0.627 bits per heavy atom. The summed E-state index contributed by atoms with van der Waals surface area (Å²) in [6.45, 7) is 4.35. The number of aliphatic hydroxyl groups excluding tert-OH is 2. The molecule has 0 aliphatic carbocycles. The lowest BCUT2D eigenvalue weighted by molar-refractivity contribution is -0.123. The Bertz CT molecular complexity index is 814. The van der Waals surface area contributed by atoms with E-state index in [9.17, 15) is 15.0 Å². The predicted octanol–water partition coefficient (Wildman–Crippen LogP) is 17.8. The van der Waals surface area contributed by atoms with Crippen molar-refractivity contribution in [2.75, 3.05) is 6.61 Å². The molecule has 0 aliphatic heterocycles. The smallest absolute Gasteiger partial charge is 0.220 e. The van der Waals surface area contributed by atoms with Crippen molar-refractivity contribution >= 4 is 5.91 Å². The number of unbranched alkanes of at least 4 members (excludes halogenated alkanes) is 44. The highest BCUT2D eigenvalue weighted by Crippen LogP contribution is 2.18. The molecule has 2 unspecified atom stereocenters. The van der Waals surface area contributed by atoms with Gasteiger partial charge in [-0.15, -0.1) is 0 Å². The SMILES string of the molecule is CCCCCCCCCCCCCCCCCCCCCCCCCCCCCC/C=C/C(O)C(CO)NC(=O)CCCCCCCCCCCCCCCCCCC. The van der Waals surface area contributed by atoms with Gasteiger partial charge < -0.3 is 15.5 Å². The second kappa shape index (κ2) is 51.5. The molecule has 0 aromatic carbocycles. The molecule has 0 saturated heterocycles. The third-order valence-corrected chi connectivity index (χ3v) is 13.0. The van der Waals surface area contributed by atoms with Gasteiger partial charge in [-0.1, -0.05) is 302 Å². The van der Waals surface area contributed by atoms with Gasteiger partial charge in [-0.25, -0.2) is 0 Å². The first-order chi connectivity index (χ1) is 29.2. The van der Waals surface area contributed by atoms with E-state index < -0.39 is 12.1 Å². The number of hydrogen-bond acceptors (Lipinski definition) is 3. The van der Waals surface area contributed by atoms with Crippen molar-refractivity contribution in [2.24, 2.45) is 0 Å². The first-order valence-electron chi connectivity index (χ1n) is 27.4. The Labute approximate surface area is 371 Å². The van der Waals surface area contributed by atoms with Crippen LogP contribution < -0.4 is 5.32 Å². The number of carbonyl (C=O) groups excluding carboxylic acids is 1. The fourth-order valence-corrected chi connectivity index (χ4v) is 8.83. The molecule has 0 spiro atoms. The van der Waals surface area contributed by atoms with Crippen molar-refractivity contribution in [3.8, 4) is 0 Å². The van der Waals surface area contributed by atoms with Crippen LogP contribution in [-0.4, -0.2) is 34.9 Å². The Morgan fingerprint density at radius 1 is 0.390 bits per heavy atom. The normalized spacial score (nSPS) is 12.8. The predicted molar refractivity (Wildman–Crippen MR) is 263 cm³/mol. The van der Waals surface area contributed by atoms with Gasteiger partial charge in [0.05, 0.1) is 18.8 Å². The van der Waals surface area contributed by atoms with Gasteiger partial charge in [-0.3, -0.25) is 4.79 Å². The molecule has 0 rings (SSSR count). The minimum absolute atomic E-state index is 0.0572. The summed E-state index contributed by atoms with van der Waals surface area (Å²) in [6, 6.07) is -0.617. The van der Waals surface area contributed by atoms with Gasteiger partial charge in [0, 0.05) is 6.42 Å². The van der Waals surface area contributed by atoms with E-state index in [1.54, 1.807) is 6.08 Å². The van der Waals surface area contributed by atoms with Crippen LogP contribution in [0, 0.1) is 0 Å². The minimum atomic E-state index is -0.835. The van der Waals surface area contributed by atoms with Crippen LogP contribution in [0.15, 0.2) is 12.2 Å². The lowest BCUT2D eigenvalue weighted by atomic mass is 10.0. The number of allylic oxidation sites excluding steroid dienone is 1. The number of aliphatic hydroxyl groups is 2. The maximum absolute atomic E-state index is 12.4. The molecular weight excluding hydrogens is 723 g/mol. The minimum Gasteiger partial charge on any atom is -0.394 e. The van der Waals surface area contributed by atoms with Crippen molar-refractivity contribution < 1.29 is 15.0 Å². The van der Waals surface area contributed by atoms with Gasteiger partial charge in [0.25, 0.3) is 0 Å². The number of hydrogen-bond donors (Lipinski definition) is 3. The molecule has 4 heteroatoms. The first kappa shape index (κ1) is 58.1. The number of nitrogens with one attached hydrogen (secondary N) is 1. The van der Waals surface area contributed by atoms with Crippen molar-refractivity contribution in [3.05, 3.63) is 12.2 Å². The molecule has 352 valence electrons. The zero-order valence-electron chi connectivity index (χ0n) is 40.6. The zero-order valence-corrected chi connectivity index (χ0v) is 40.6. The Balaban J connectivity index is 3.43. The van der Waals surface area contributed by atoms with E-state index in [1.807, 2.05) is 6.08 Å². The van der Waals surface area contributed by atoms with Crippen molar-refractivity contribution in [1.82, 2.24) is 5.32 Å². The first-order valence-corrected chi connectivity index (χ1v) is 27.4. The summed E-state index contributed by atoms with van der Waals surface area (Å²) >= 11 is 0. The van der Waals surface area contributed by atoms with E-state index in [0.717, 1.165) is 25.7 Å². The standard InChI is InChI=1S/C55H109NO3/c1-3-5-7-9-11-13-15-17-19-21-22-23-24-25-26-27-28-29-30-31-32-33-35-36-38-40-42-44-46-48-50-54(58)53(52-57)56-55(59)51-49-47-45-43-41-39-37-34-20-18-16-14-12-10-8-6-4-2/h48,50,53-54,57-58H,3-47,49,51-52H2,1-2H3,(H,56,59)/b50-48+. The zero-order chi connectivity index (χ0) is 42.8. The average Bonchev–Trinajstić information content (AvgIpc) is 3.24. The molecule has 0 aromatic rings. The van der Waals surface area contributed by atoms with Crippen molar-refractivity contribution in [1.29, 1.82) is 0 Å². The summed E-state index contributed by atoms with van der Waals surface area (Å²) < 4.78 is 0. The summed E-state index contributed by atoms with van der Waals surface area (Å²) in [5.41, 5.74) is 0. The molecule has 59 heavy (non-hydrogen) atoms. The summed E-state index contributed by atoms with van der Waals surface area (Å²) in [5.74, 6) is -0.0572. The van der Waals surface area contributed by atoms with Crippen LogP contribution in [0.5, 0.6) is 0 Å². The molecule has 0 saturated carbocycles. The number of amides is 1. The molecule has 0 fully saturated rings. The van der Waals surface area contributed by atoms with Crippen LogP contribution in [0.4, 0.5) is 0 Å². The fourth-order valence-electron chi connectivity index (χ4n) is 8.83. The highest BCUT2D eigenvalue weighted by atomic mass is 16.3. The summed E-state index contributed by atoms with van der Waals surface area (Å²) in [5, 5.41) is 23.1. The third kappa shape index (κ3) is 48.0. The van der Waals surface area contributed by atoms with Crippen molar-refractivity contribution in [2.45, 2.75) is 328 Å². The lowest BCUT2D eigenvalue weighted by Crippen LogP contribution is -2.45. The van der Waals surface area contributed by atoms with E-state index in [1.165, 1.54) is 270 Å². The third-order valence-electron chi connectivity index (χ3n) is 13.0. The van der Waals surface area contributed by atoms with Crippen LogP contribution in [0.1, 0.15) is 316 Å². The van der Waals surface area contributed by atoms with Gasteiger partial charge in [0.2, 0.25) is 5.91 Å². The van der Waals surface area contributed by atoms with Gasteiger partial charge >= 0.3 is 0 Å². The average molecular weight is 832 g/mol. The maximum atomic E-state index is 12.4. The van der Waals surface area contributed by atoms with Crippen LogP contribution in [0.3, 0.4) is 0 Å². The quantitative estimate of drug-likeness (QED) is 0.0422. The van der Waals surface area contributed by atoms with E-state index in [0.29, 0.717) is 6.42 Å². The highest BCUT2D eigenvalue weighted by molar-refractivity contribution is 5.76. The maximum Gasteiger partial charge on any atom is 0.220 e. The molecule has 0 aliphatic rings. The lowest BCUT2D eigenvalue weighted by Gasteiger charge is -2.20. The van der Waals surface area contributed by atoms with E-state index in [2.05, 4.69) is 19.2 Å². The number of carbonyl (C=O) groups is 1. The second-order valence-corrected chi connectivity index (χ2v) is 19.0. The molecule has 0 aromatic heterocycles. The fraction of sp³-hybridized carbons (Fsp3) is 0.945. The summed E-state index contributed by atoms with van der Waals surface area (Å²) in [6.07, 6.45) is 66.6. The molecule has 0 bridgehead atoms. The summed E-state index contributed by atoms with van der Waals surface area (Å²) in [7, 11) is 0. The second-order valence-electron chi connectivity index (χ2n) is 19.0. The Morgan fingerprint density at radius 3 is 0.881 bits per heavy atom. The van der Waals surface area contributed by atoms with Crippen molar-refractivity contribution in [3.63, 3.8) is 0 Å². The van der Waals surface area contributed by atoms with Crippen LogP contribution in [0.2, 0.25) is 0 Å². The molecule has 3 N–H and O–H groups in total. The van der Waals surface area contributed by atoms with Crippen LogP contribution in [0.25, 0.3) is 0 Å².